The lowest BCUT2D eigenvalue weighted by Gasteiger charge is -2.16. The SMILES string of the molecule is COc1ccc(C(C)NC(=O)COc2ccc3ccccc3c2Br)cc1. The lowest BCUT2D eigenvalue weighted by molar-refractivity contribution is -0.123. The molecule has 0 aliphatic carbocycles. The van der Waals surface area contributed by atoms with Crippen molar-refractivity contribution in [1.29, 1.82) is 0 Å². The van der Waals surface area contributed by atoms with Crippen molar-refractivity contribution in [2.45, 2.75) is 13.0 Å². The van der Waals surface area contributed by atoms with E-state index in [4.69, 9.17) is 9.47 Å². The summed E-state index contributed by atoms with van der Waals surface area (Å²) in [6, 6.07) is 19.4. The second-order valence-electron chi connectivity index (χ2n) is 5.95. The number of nitrogens with one attached hydrogen (secondary N) is 1. The van der Waals surface area contributed by atoms with E-state index in [1.807, 2.05) is 67.6 Å². The molecule has 5 heteroatoms. The predicted molar refractivity (Wildman–Crippen MR) is 107 cm³/mol. The van der Waals surface area contributed by atoms with Crippen LogP contribution >= 0.6 is 15.9 Å². The third-order valence-corrected chi connectivity index (χ3v) is 5.00. The summed E-state index contributed by atoms with van der Waals surface area (Å²) in [6.07, 6.45) is 0. The Kier molecular flexibility index (Phi) is 5.78. The largest absolute Gasteiger partial charge is 0.497 e. The molecular weight excluding hydrogens is 394 g/mol. The molecule has 3 aromatic carbocycles. The van der Waals surface area contributed by atoms with Crippen LogP contribution in [0.1, 0.15) is 18.5 Å². The second-order valence-corrected chi connectivity index (χ2v) is 6.74. The van der Waals surface area contributed by atoms with E-state index in [0.29, 0.717) is 5.75 Å². The Morgan fingerprint density at radius 3 is 2.54 bits per heavy atom. The number of hydrogen-bond acceptors (Lipinski definition) is 3. The molecule has 0 aliphatic heterocycles. The minimum absolute atomic E-state index is 0.0442. The van der Waals surface area contributed by atoms with Crippen LogP contribution in [0.15, 0.2) is 65.1 Å². The third kappa shape index (κ3) is 4.17. The minimum atomic E-state index is -0.173. The molecule has 1 unspecified atom stereocenters. The summed E-state index contributed by atoms with van der Waals surface area (Å²) in [5.74, 6) is 1.26. The van der Waals surface area contributed by atoms with E-state index < -0.39 is 0 Å². The fourth-order valence-electron chi connectivity index (χ4n) is 2.73. The average Bonchev–Trinajstić information content (AvgIpc) is 2.67. The molecule has 3 rings (SSSR count). The summed E-state index contributed by atoms with van der Waals surface area (Å²) < 4.78 is 11.7. The van der Waals surface area contributed by atoms with Crippen LogP contribution in [-0.4, -0.2) is 19.6 Å². The molecule has 0 aromatic heterocycles. The number of carbonyl (C=O) groups excluding carboxylic acids is 1. The van der Waals surface area contributed by atoms with E-state index in [9.17, 15) is 4.79 Å². The van der Waals surface area contributed by atoms with Gasteiger partial charge in [-0.2, -0.15) is 0 Å². The van der Waals surface area contributed by atoms with Crippen molar-refractivity contribution in [3.63, 3.8) is 0 Å². The van der Waals surface area contributed by atoms with Gasteiger partial charge in [0.25, 0.3) is 5.91 Å². The normalized spacial score (nSPS) is 11.8. The van der Waals surface area contributed by atoms with Gasteiger partial charge in [0.05, 0.1) is 17.6 Å². The summed E-state index contributed by atoms with van der Waals surface area (Å²) in [4.78, 5) is 12.2. The molecule has 0 bridgehead atoms. The highest BCUT2D eigenvalue weighted by molar-refractivity contribution is 9.10. The van der Waals surface area contributed by atoms with Crippen molar-refractivity contribution in [1.82, 2.24) is 5.32 Å². The van der Waals surface area contributed by atoms with Crippen molar-refractivity contribution < 1.29 is 14.3 Å². The molecule has 0 fully saturated rings. The summed E-state index contributed by atoms with van der Waals surface area (Å²) in [5.41, 5.74) is 1.01. The maximum Gasteiger partial charge on any atom is 0.258 e. The number of ether oxygens (including phenoxy) is 2. The van der Waals surface area contributed by atoms with Gasteiger partial charge in [-0.05, 0) is 57.4 Å². The van der Waals surface area contributed by atoms with Crippen LogP contribution in [0.2, 0.25) is 0 Å². The third-order valence-electron chi connectivity index (χ3n) is 4.18. The molecule has 0 heterocycles. The zero-order chi connectivity index (χ0) is 18.5. The lowest BCUT2D eigenvalue weighted by Crippen LogP contribution is -2.31. The summed E-state index contributed by atoms with van der Waals surface area (Å²) in [5, 5.41) is 5.11. The molecule has 1 amide bonds. The highest BCUT2D eigenvalue weighted by atomic mass is 79.9. The topological polar surface area (TPSA) is 47.6 Å². The number of carbonyl (C=O) groups is 1. The van der Waals surface area contributed by atoms with Gasteiger partial charge in [-0.3, -0.25) is 4.79 Å². The number of fused-ring (bicyclic) bond motifs is 1. The molecule has 1 N–H and O–H groups in total. The Morgan fingerprint density at radius 2 is 1.81 bits per heavy atom. The maximum absolute atomic E-state index is 12.2. The number of amides is 1. The van der Waals surface area contributed by atoms with Crippen molar-refractivity contribution in [3.05, 3.63) is 70.7 Å². The lowest BCUT2D eigenvalue weighted by atomic mass is 10.1. The first-order chi connectivity index (χ1) is 12.6. The van der Waals surface area contributed by atoms with Crippen LogP contribution in [0.3, 0.4) is 0 Å². The standard InChI is InChI=1S/C21H20BrNO3/c1-14(15-7-10-17(25-2)11-8-15)23-20(24)13-26-19-12-9-16-5-3-4-6-18(16)21(19)22/h3-12,14H,13H2,1-2H3,(H,23,24). The number of rotatable bonds is 6. The van der Waals surface area contributed by atoms with E-state index >= 15 is 0 Å². The Hall–Kier alpha value is -2.53. The van der Waals surface area contributed by atoms with Crippen molar-refractivity contribution in [3.8, 4) is 11.5 Å². The van der Waals surface area contributed by atoms with Gasteiger partial charge in [0.2, 0.25) is 0 Å². The molecule has 0 saturated heterocycles. The Bertz CT molecular complexity index is 909. The van der Waals surface area contributed by atoms with Crippen LogP contribution in [0.5, 0.6) is 11.5 Å². The Balaban J connectivity index is 1.60. The van der Waals surface area contributed by atoms with Gasteiger partial charge in [-0.15, -0.1) is 0 Å². The molecular formula is C21H20BrNO3. The summed E-state index contributed by atoms with van der Waals surface area (Å²) in [6.45, 7) is 1.89. The first kappa shape index (κ1) is 18.3. The minimum Gasteiger partial charge on any atom is -0.497 e. The molecule has 3 aromatic rings. The highest BCUT2D eigenvalue weighted by Crippen LogP contribution is 2.33. The molecule has 0 spiro atoms. The zero-order valence-corrected chi connectivity index (χ0v) is 16.2. The Morgan fingerprint density at radius 1 is 1.08 bits per heavy atom. The van der Waals surface area contributed by atoms with Gasteiger partial charge in [0.15, 0.2) is 6.61 Å². The number of halogens is 1. The zero-order valence-electron chi connectivity index (χ0n) is 14.7. The van der Waals surface area contributed by atoms with Gasteiger partial charge in [0, 0.05) is 0 Å². The summed E-state index contributed by atoms with van der Waals surface area (Å²) >= 11 is 3.56. The van der Waals surface area contributed by atoms with Crippen LogP contribution < -0.4 is 14.8 Å². The van der Waals surface area contributed by atoms with E-state index in [-0.39, 0.29) is 18.6 Å². The quantitative estimate of drug-likeness (QED) is 0.626. The van der Waals surface area contributed by atoms with Crippen molar-refractivity contribution >= 4 is 32.6 Å². The maximum atomic E-state index is 12.2. The first-order valence-electron chi connectivity index (χ1n) is 8.32. The molecule has 0 radical (unpaired) electrons. The van der Waals surface area contributed by atoms with Crippen LogP contribution in [0.4, 0.5) is 0 Å². The van der Waals surface area contributed by atoms with E-state index in [1.165, 1.54) is 0 Å². The van der Waals surface area contributed by atoms with Crippen LogP contribution in [0.25, 0.3) is 10.8 Å². The van der Waals surface area contributed by atoms with Crippen LogP contribution in [-0.2, 0) is 4.79 Å². The number of hydrogen-bond donors (Lipinski definition) is 1. The second kappa shape index (κ2) is 8.23. The van der Waals surface area contributed by atoms with Gasteiger partial charge >= 0.3 is 0 Å². The molecule has 1 atom stereocenters. The fraction of sp³-hybridized carbons (Fsp3) is 0.190. The fourth-order valence-corrected chi connectivity index (χ4v) is 3.34. The van der Waals surface area contributed by atoms with Gasteiger partial charge in [-0.1, -0.05) is 42.5 Å². The average molecular weight is 414 g/mol. The van der Waals surface area contributed by atoms with E-state index in [1.54, 1.807) is 7.11 Å². The molecule has 0 aliphatic rings. The van der Waals surface area contributed by atoms with Gasteiger partial charge in [0.1, 0.15) is 11.5 Å². The van der Waals surface area contributed by atoms with Crippen molar-refractivity contribution in [2.75, 3.05) is 13.7 Å². The van der Waals surface area contributed by atoms with Gasteiger partial charge < -0.3 is 14.8 Å². The molecule has 0 saturated carbocycles. The number of methoxy groups -OCH3 is 1. The van der Waals surface area contributed by atoms with Crippen LogP contribution in [0, 0.1) is 0 Å². The molecule has 134 valence electrons. The van der Waals surface area contributed by atoms with E-state index in [2.05, 4.69) is 21.2 Å². The Labute approximate surface area is 161 Å². The highest BCUT2D eigenvalue weighted by Gasteiger charge is 2.12. The molecule has 26 heavy (non-hydrogen) atoms. The molecule has 4 nitrogen and oxygen atoms in total. The summed E-state index contributed by atoms with van der Waals surface area (Å²) in [7, 11) is 1.63. The first-order valence-corrected chi connectivity index (χ1v) is 9.11. The monoisotopic (exact) mass is 413 g/mol. The number of benzene rings is 3. The van der Waals surface area contributed by atoms with Gasteiger partial charge in [-0.25, -0.2) is 0 Å². The predicted octanol–water partition coefficient (Wildman–Crippen LogP) is 4.87. The van der Waals surface area contributed by atoms with E-state index in [0.717, 1.165) is 26.6 Å². The smallest absolute Gasteiger partial charge is 0.258 e. The van der Waals surface area contributed by atoms with Crippen molar-refractivity contribution in [2.24, 2.45) is 0 Å².